The average Bonchev–Trinajstić information content (AvgIpc) is 3.60. The normalized spacial score (nSPS) is 21.7. The molecule has 7 rings (SSSR count). The van der Waals surface area contributed by atoms with E-state index in [-0.39, 0.29) is 78.8 Å². The number of halogens is 3. The summed E-state index contributed by atoms with van der Waals surface area (Å²) in [6, 6.07) is 19.6. The smallest absolute Gasteiger partial charge is 0.416 e. The molecule has 4 atom stereocenters. The number of aromatic nitrogens is 1. The van der Waals surface area contributed by atoms with Crippen LogP contribution in [-0.2, 0) is 35.0 Å². The van der Waals surface area contributed by atoms with Crippen molar-refractivity contribution in [3.8, 4) is 11.6 Å². The molecule has 0 saturated heterocycles. The highest BCUT2D eigenvalue weighted by atomic mass is 28.4. The molecule has 4 aromatic rings. The number of benzene rings is 3. The Morgan fingerprint density at radius 2 is 1.49 bits per heavy atom. The molecule has 0 spiro atoms. The largest absolute Gasteiger partial charge is 0.507 e. The summed E-state index contributed by atoms with van der Waals surface area (Å²) in [6.07, 6.45) is -1.72. The van der Waals surface area contributed by atoms with Gasteiger partial charge < -0.3 is 23.5 Å². The van der Waals surface area contributed by atoms with Gasteiger partial charge in [-0.2, -0.15) is 13.2 Å². The number of Topliss-reactive ketones (excluding diaryl/α,β-unsaturated/α-hetero) is 2. The van der Waals surface area contributed by atoms with E-state index in [0.717, 1.165) is 17.2 Å². The fourth-order valence-corrected chi connectivity index (χ4v) is 9.97. The van der Waals surface area contributed by atoms with Crippen molar-refractivity contribution in [1.82, 2.24) is 10.1 Å². The number of hydrogen-bond donors (Lipinski definition) is 1. The number of nitrogens with zero attached hydrogens (tertiary/aromatic N) is 2. The number of alkyl halides is 3. The SMILES string of the molecule is C=CCN(CC=C)[C@@H]1c2onc(OCc3ccccc3)c2C(=O)C2(O[Si](C)(C)C(C)(C)C)C(=O)C3=C(O)c4c(OCc5ccccc5)ccc(C(F)(F)F)c4C[C@H]3C[C@@H]12. The van der Waals surface area contributed by atoms with Gasteiger partial charge >= 0.3 is 6.18 Å². The summed E-state index contributed by atoms with van der Waals surface area (Å²) in [7, 11) is -3.10. The molecule has 1 heterocycles. The molecule has 3 aliphatic carbocycles. The van der Waals surface area contributed by atoms with Crippen molar-refractivity contribution >= 4 is 25.6 Å². The van der Waals surface area contributed by atoms with E-state index in [9.17, 15) is 18.3 Å². The first kappa shape index (κ1) is 41.9. The summed E-state index contributed by atoms with van der Waals surface area (Å²) >= 11 is 0. The average molecular weight is 827 g/mol. The highest BCUT2D eigenvalue weighted by Crippen LogP contribution is 2.60. The van der Waals surface area contributed by atoms with Crippen LogP contribution in [0.25, 0.3) is 5.76 Å². The summed E-state index contributed by atoms with van der Waals surface area (Å²) in [4.78, 5) is 33.5. The molecule has 0 radical (unpaired) electrons. The molecule has 3 aliphatic rings. The monoisotopic (exact) mass is 826 g/mol. The van der Waals surface area contributed by atoms with Crippen molar-refractivity contribution in [2.24, 2.45) is 11.8 Å². The predicted octanol–water partition coefficient (Wildman–Crippen LogP) is 10.3. The molecular formula is C46H49F3N2O7Si. The fraction of sp³-hybridized carbons (Fsp3) is 0.370. The second-order valence-corrected chi connectivity index (χ2v) is 21.7. The molecule has 3 aromatic carbocycles. The van der Waals surface area contributed by atoms with Crippen molar-refractivity contribution in [3.63, 3.8) is 0 Å². The molecule has 1 aromatic heterocycles. The molecule has 1 fully saturated rings. The number of hydrogen-bond acceptors (Lipinski definition) is 9. The van der Waals surface area contributed by atoms with Crippen LogP contribution in [0.4, 0.5) is 13.2 Å². The van der Waals surface area contributed by atoms with Gasteiger partial charge in [-0.25, -0.2) is 0 Å². The number of ketones is 2. The van der Waals surface area contributed by atoms with Gasteiger partial charge in [0, 0.05) is 24.6 Å². The first-order valence-electron chi connectivity index (χ1n) is 19.7. The van der Waals surface area contributed by atoms with Crippen LogP contribution in [0.5, 0.6) is 11.6 Å². The van der Waals surface area contributed by atoms with Gasteiger partial charge in [0.25, 0.3) is 5.88 Å². The lowest BCUT2D eigenvalue weighted by molar-refractivity contribution is -0.141. The summed E-state index contributed by atoms with van der Waals surface area (Å²) in [5.41, 5.74) is -2.31. The van der Waals surface area contributed by atoms with Crippen LogP contribution >= 0.6 is 0 Å². The van der Waals surface area contributed by atoms with Crippen molar-refractivity contribution in [3.05, 3.63) is 143 Å². The Bertz CT molecular complexity index is 2290. The lowest BCUT2D eigenvalue weighted by Gasteiger charge is -2.55. The molecule has 0 aliphatic heterocycles. The fourth-order valence-electron chi connectivity index (χ4n) is 8.52. The standard InChI is InChI=1S/C46H49F3N2O7Si/c1-8-22-51(23-9-2)38-33-25-30-24-31-32(46(47,48)49)20-21-34(55-26-28-16-12-10-13-17-28)36(31)39(52)35(30)41(53)45(33,58-59(6,7)44(3,4)5)42(54)37-40(38)57-50-43(37)56-27-29-18-14-11-15-19-29/h8-21,30,33,38,52H,1-2,22-27H2,3-7H3/t30-,33-,38-,45?/m0/s1. The second-order valence-electron chi connectivity index (χ2n) is 17.0. The number of carbonyl (C=O) groups excluding carboxylic acids is 2. The molecule has 1 N–H and O–H groups in total. The Kier molecular flexibility index (Phi) is 11.2. The topological polar surface area (TPSA) is 111 Å². The Hall–Kier alpha value is -5.24. The van der Waals surface area contributed by atoms with Crippen LogP contribution < -0.4 is 9.47 Å². The van der Waals surface area contributed by atoms with Crippen LogP contribution in [0.15, 0.2) is 108 Å². The minimum absolute atomic E-state index is 0.0102. The number of ether oxygens (including phenoxy) is 2. The zero-order chi connectivity index (χ0) is 42.5. The first-order chi connectivity index (χ1) is 27.9. The van der Waals surface area contributed by atoms with Crippen LogP contribution in [-0.4, -0.2) is 53.7 Å². The van der Waals surface area contributed by atoms with E-state index in [1.807, 2.05) is 99.4 Å². The van der Waals surface area contributed by atoms with Crippen molar-refractivity contribution < 1.29 is 46.3 Å². The summed E-state index contributed by atoms with van der Waals surface area (Å²) in [6.45, 7) is 18.3. The summed E-state index contributed by atoms with van der Waals surface area (Å²) < 4.78 is 70.0. The number of aliphatic hydroxyl groups is 1. The number of fused-ring (bicyclic) bond motifs is 4. The Labute approximate surface area is 343 Å². The van der Waals surface area contributed by atoms with Gasteiger partial charge in [-0.1, -0.05) is 93.6 Å². The molecule has 59 heavy (non-hydrogen) atoms. The third kappa shape index (κ3) is 7.37. The number of aliphatic hydroxyl groups excluding tert-OH is 1. The lowest BCUT2D eigenvalue weighted by Crippen LogP contribution is -2.68. The van der Waals surface area contributed by atoms with Crippen LogP contribution in [0, 0.1) is 11.8 Å². The third-order valence-electron chi connectivity index (χ3n) is 12.3. The van der Waals surface area contributed by atoms with E-state index < -0.39 is 65.9 Å². The van der Waals surface area contributed by atoms with Crippen LogP contribution in [0.1, 0.15) is 77.2 Å². The van der Waals surface area contributed by atoms with E-state index in [1.165, 1.54) is 6.07 Å². The van der Waals surface area contributed by atoms with Gasteiger partial charge in [-0.3, -0.25) is 14.5 Å². The summed E-state index contributed by atoms with van der Waals surface area (Å²) in [5.74, 6) is -4.16. The van der Waals surface area contributed by atoms with Crippen LogP contribution in [0.2, 0.25) is 18.1 Å². The Balaban J connectivity index is 1.46. The maximum Gasteiger partial charge on any atom is 0.416 e. The predicted molar refractivity (Wildman–Crippen MR) is 219 cm³/mol. The van der Waals surface area contributed by atoms with E-state index in [4.69, 9.17) is 18.4 Å². The van der Waals surface area contributed by atoms with Gasteiger partial charge in [-0.15, -0.1) is 13.2 Å². The maximum atomic E-state index is 15.9. The summed E-state index contributed by atoms with van der Waals surface area (Å²) in [5, 5.41) is 16.1. The van der Waals surface area contributed by atoms with Crippen molar-refractivity contribution in [2.45, 2.75) is 82.8 Å². The molecule has 0 amide bonds. The van der Waals surface area contributed by atoms with Gasteiger partial charge in [0.1, 0.15) is 30.3 Å². The molecule has 1 saturated carbocycles. The van der Waals surface area contributed by atoms with E-state index in [0.29, 0.717) is 0 Å². The first-order valence-corrected chi connectivity index (χ1v) is 22.6. The van der Waals surface area contributed by atoms with Gasteiger partial charge in [0.15, 0.2) is 19.7 Å². The van der Waals surface area contributed by atoms with E-state index in [2.05, 4.69) is 18.3 Å². The molecule has 310 valence electrons. The molecular weight excluding hydrogens is 778 g/mol. The number of rotatable bonds is 13. The van der Waals surface area contributed by atoms with E-state index in [1.54, 1.807) is 12.2 Å². The quantitative estimate of drug-likeness (QED) is 0.0800. The van der Waals surface area contributed by atoms with Crippen LogP contribution in [0.3, 0.4) is 0 Å². The lowest BCUT2D eigenvalue weighted by atomic mass is 9.57. The zero-order valence-electron chi connectivity index (χ0n) is 33.9. The maximum absolute atomic E-state index is 15.9. The molecule has 9 nitrogen and oxygen atoms in total. The number of carbonyl (C=O) groups is 2. The van der Waals surface area contributed by atoms with Gasteiger partial charge in [0.05, 0.1) is 17.2 Å². The third-order valence-corrected chi connectivity index (χ3v) is 16.7. The zero-order valence-corrected chi connectivity index (χ0v) is 34.9. The van der Waals surface area contributed by atoms with Gasteiger partial charge in [-0.05, 0) is 70.9 Å². The minimum Gasteiger partial charge on any atom is -0.507 e. The second kappa shape index (κ2) is 15.7. The highest BCUT2D eigenvalue weighted by Gasteiger charge is 2.69. The van der Waals surface area contributed by atoms with Gasteiger partial charge in [0.2, 0.25) is 11.6 Å². The van der Waals surface area contributed by atoms with E-state index >= 15 is 9.59 Å². The molecule has 0 bridgehead atoms. The minimum atomic E-state index is -4.79. The van der Waals surface area contributed by atoms with Crippen molar-refractivity contribution in [2.75, 3.05) is 13.1 Å². The molecule has 1 unspecified atom stereocenters. The Morgan fingerprint density at radius 3 is 2.05 bits per heavy atom. The highest BCUT2D eigenvalue weighted by molar-refractivity contribution is 6.74. The Morgan fingerprint density at radius 1 is 0.898 bits per heavy atom. The molecule has 13 heteroatoms. The van der Waals surface area contributed by atoms with Crippen molar-refractivity contribution in [1.29, 1.82) is 0 Å².